The second kappa shape index (κ2) is 10.4. The third-order valence-corrected chi connectivity index (χ3v) is 7.47. The fraction of sp³-hybridized carbons (Fsp3) is 0.357. The SMILES string of the molecule is Cc1ccc(-c2csc3nc(CN(CC(O)COCc4ccccc4)C4CC4)[nH]c(=O)c23)cc1C. The summed E-state index contributed by atoms with van der Waals surface area (Å²) in [6.45, 7) is 5.91. The first-order valence-electron chi connectivity index (χ1n) is 12.1. The smallest absolute Gasteiger partial charge is 0.260 e. The van der Waals surface area contributed by atoms with Crippen molar-refractivity contribution >= 4 is 21.6 Å². The molecule has 1 atom stereocenters. The van der Waals surface area contributed by atoms with Crippen LogP contribution in [0.15, 0.2) is 58.7 Å². The number of aliphatic hydroxyl groups is 1. The molecule has 0 saturated heterocycles. The molecule has 0 spiro atoms. The van der Waals surface area contributed by atoms with Crippen LogP contribution in [0.4, 0.5) is 0 Å². The highest BCUT2D eigenvalue weighted by Gasteiger charge is 2.31. The van der Waals surface area contributed by atoms with E-state index in [9.17, 15) is 9.90 Å². The maximum absolute atomic E-state index is 13.1. The predicted octanol–water partition coefficient (Wildman–Crippen LogP) is 4.81. The topological polar surface area (TPSA) is 78.5 Å². The average molecular weight is 490 g/mol. The Morgan fingerprint density at radius 3 is 2.71 bits per heavy atom. The molecule has 6 nitrogen and oxygen atoms in total. The van der Waals surface area contributed by atoms with Gasteiger partial charge in [-0.25, -0.2) is 4.98 Å². The maximum Gasteiger partial charge on any atom is 0.260 e. The summed E-state index contributed by atoms with van der Waals surface area (Å²) in [6, 6.07) is 16.6. The Hall–Kier alpha value is -2.84. The standard InChI is InChI=1S/C28H31N3O3S/c1-18-8-9-21(12-19(18)2)24-17-35-28-26(24)27(33)29-25(30-28)14-31(22-10-11-22)13-23(32)16-34-15-20-6-4-3-5-7-20/h3-9,12,17,22-23,32H,10-11,13-16H2,1-2H3,(H,29,30,33). The molecule has 0 radical (unpaired) electrons. The van der Waals surface area contributed by atoms with Gasteiger partial charge in [0.1, 0.15) is 10.7 Å². The Morgan fingerprint density at radius 2 is 1.97 bits per heavy atom. The minimum Gasteiger partial charge on any atom is -0.389 e. The number of aromatic nitrogens is 2. The van der Waals surface area contributed by atoms with Crippen molar-refractivity contribution in [2.75, 3.05) is 13.2 Å². The molecule has 7 heteroatoms. The van der Waals surface area contributed by atoms with Gasteiger partial charge >= 0.3 is 0 Å². The van der Waals surface area contributed by atoms with Crippen molar-refractivity contribution in [3.63, 3.8) is 0 Å². The zero-order chi connectivity index (χ0) is 24.4. The highest BCUT2D eigenvalue weighted by atomic mass is 32.1. The van der Waals surface area contributed by atoms with Gasteiger partial charge in [0.05, 0.1) is 31.2 Å². The number of aliphatic hydroxyl groups excluding tert-OH is 1. The number of ether oxygens (including phenoxy) is 1. The Balaban J connectivity index is 1.27. The van der Waals surface area contributed by atoms with E-state index >= 15 is 0 Å². The molecule has 0 bridgehead atoms. The van der Waals surface area contributed by atoms with Gasteiger partial charge in [-0.05, 0) is 48.9 Å². The molecule has 1 aliphatic carbocycles. The summed E-state index contributed by atoms with van der Waals surface area (Å²) in [5, 5.41) is 13.3. The quantitative estimate of drug-likeness (QED) is 0.334. The molecule has 5 rings (SSSR count). The van der Waals surface area contributed by atoms with Crippen LogP contribution in [0.2, 0.25) is 0 Å². The number of hydrogen-bond donors (Lipinski definition) is 2. The van der Waals surface area contributed by atoms with Crippen molar-refractivity contribution < 1.29 is 9.84 Å². The normalized spacial score (nSPS) is 14.6. The molecule has 1 aliphatic rings. The maximum atomic E-state index is 13.1. The second-order valence-corrected chi connectivity index (χ2v) is 10.3. The number of thiophene rings is 1. The van der Waals surface area contributed by atoms with Crippen molar-refractivity contribution in [2.24, 2.45) is 0 Å². The molecule has 1 unspecified atom stereocenters. The summed E-state index contributed by atoms with van der Waals surface area (Å²) in [6.07, 6.45) is 1.59. The number of nitrogens with one attached hydrogen (secondary N) is 1. The van der Waals surface area contributed by atoms with E-state index in [0.717, 1.165) is 34.4 Å². The predicted molar refractivity (Wildman–Crippen MR) is 141 cm³/mol. The summed E-state index contributed by atoms with van der Waals surface area (Å²) in [5.41, 5.74) is 5.38. The third kappa shape index (κ3) is 5.70. The van der Waals surface area contributed by atoms with Crippen LogP contribution >= 0.6 is 11.3 Å². The van der Waals surface area contributed by atoms with Gasteiger partial charge in [0, 0.05) is 23.5 Å². The van der Waals surface area contributed by atoms with E-state index in [1.54, 1.807) is 0 Å². The van der Waals surface area contributed by atoms with Gasteiger partial charge in [-0.15, -0.1) is 11.3 Å². The van der Waals surface area contributed by atoms with Gasteiger partial charge in [-0.1, -0.05) is 48.5 Å². The number of hydrogen-bond acceptors (Lipinski definition) is 6. The lowest BCUT2D eigenvalue weighted by Gasteiger charge is -2.24. The number of aryl methyl sites for hydroxylation is 2. The van der Waals surface area contributed by atoms with E-state index < -0.39 is 6.10 Å². The molecule has 0 aliphatic heterocycles. The summed E-state index contributed by atoms with van der Waals surface area (Å²) in [4.78, 5) is 23.9. The van der Waals surface area contributed by atoms with Crippen LogP contribution < -0.4 is 5.56 Å². The van der Waals surface area contributed by atoms with Crippen LogP contribution in [-0.4, -0.2) is 45.3 Å². The summed E-state index contributed by atoms with van der Waals surface area (Å²) >= 11 is 1.50. The first-order chi connectivity index (χ1) is 17.0. The van der Waals surface area contributed by atoms with E-state index in [1.807, 2.05) is 35.7 Å². The molecular weight excluding hydrogens is 458 g/mol. The van der Waals surface area contributed by atoms with Crippen LogP contribution in [0.25, 0.3) is 21.3 Å². The van der Waals surface area contributed by atoms with Crippen molar-refractivity contribution in [1.29, 1.82) is 0 Å². The molecule has 0 amide bonds. The Kier molecular flexibility index (Phi) is 7.11. The molecule has 4 aromatic rings. The number of aromatic amines is 1. The number of nitrogens with zero attached hydrogens (tertiary/aromatic N) is 2. The highest BCUT2D eigenvalue weighted by Crippen LogP contribution is 2.32. The fourth-order valence-electron chi connectivity index (χ4n) is 4.38. The van der Waals surface area contributed by atoms with Gasteiger partial charge in [0.25, 0.3) is 5.56 Å². The molecular formula is C28H31N3O3S. The Labute approximate surface area is 209 Å². The fourth-order valence-corrected chi connectivity index (χ4v) is 5.34. The lowest BCUT2D eigenvalue weighted by molar-refractivity contribution is 0.00666. The van der Waals surface area contributed by atoms with Gasteiger partial charge < -0.3 is 14.8 Å². The van der Waals surface area contributed by atoms with Crippen LogP contribution in [0.3, 0.4) is 0 Å². The van der Waals surface area contributed by atoms with E-state index in [0.29, 0.717) is 36.9 Å². The van der Waals surface area contributed by atoms with Crippen molar-refractivity contribution in [2.45, 2.75) is 52.0 Å². The van der Waals surface area contributed by atoms with E-state index in [-0.39, 0.29) is 12.2 Å². The van der Waals surface area contributed by atoms with E-state index in [4.69, 9.17) is 9.72 Å². The number of rotatable bonds is 10. The summed E-state index contributed by atoms with van der Waals surface area (Å²) in [5.74, 6) is 0.639. The van der Waals surface area contributed by atoms with Crippen LogP contribution in [0.5, 0.6) is 0 Å². The lowest BCUT2D eigenvalue weighted by Crippen LogP contribution is -2.37. The van der Waals surface area contributed by atoms with Crippen LogP contribution in [0.1, 0.15) is 35.4 Å². The highest BCUT2D eigenvalue weighted by molar-refractivity contribution is 7.17. The van der Waals surface area contributed by atoms with Crippen molar-refractivity contribution in [3.05, 3.63) is 86.8 Å². The molecule has 2 aromatic heterocycles. The number of fused-ring (bicyclic) bond motifs is 1. The van der Waals surface area contributed by atoms with Gasteiger partial charge in [-0.2, -0.15) is 0 Å². The molecule has 1 fully saturated rings. The Morgan fingerprint density at radius 1 is 1.17 bits per heavy atom. The summed E-state index contributed by atoms with van der Waals surface area (Å²) in [7, 11) is 0. The monoisotopic (exact) mass is 489 g/mol. The molecule has 2 N–H and O–H groups in total. The van der Waals surface area contributed by atoms with Gasteiger partial charge in [-0.3, -0.25) is 9.69 Å². The van der Waals surface area contributed by atoms with Crippen molar-refractivity contribution in [1.82, 2.24) is 14.9 Å². The van der Waals surface area contributed by atoms with Crippen LogP contribution in [-0.2, 0) is 17.9 Å². The van der Waals surface area contributed by atoms with Gasteiger partial charge in [0.15, 0.2) is 0 Å². The summed E-state index contributed by atoms with van der Waals surface area (Å²) < 4.78 is 5.72. The van der Waals surface area contributed by atoms with Crippen molar-refractivity contribution in [3.8, 4) is 11.1 Å². The minimum absolute atomic E-state index is 0.109. The first kappa shape index (κ1) is 23.9. The molecule has 2 heterocycles. The third-order valence-electron chi connectivity index (χ3n) is 6.59. The number of benzene rings is 2. The molecule has 182 valence electrons. The zero-order valence-corrected chi connectivity index (χ0v) is 21.0. The minimum atomic E-state index is -0.604. The van der Waals surface area contributed by atoms with Gasteiger partial charge in [0.2, 0.25) is 0 Å². The molecule has 1 saturated carbocycles. The zero-order valence-electron chi connectivity index (χ0n) is 20.2. The largest absolute Gasteiger partial charge is 0.389 e. The molecule has 2 aromatic carbocycles. The van der Waals surface area contributed by atoms with E-state index in [2.05, 4.69) is 41.9 Å². The lowest BCUT2D eigenvalue weighted by atomic mass is 10.0. The first-order valence-corrected chi connectivity index (χ1v) is 13.0. The number of H-pyrrole nitrogens is 1. The second-order valence-electron chi connectivity index (χ2n) is 9.46. The van der Waals surface area contributed by atoms with E-state index in [1.165, 1.54) is 22.5 Å². The Bertz CT molecular complexity index is 1360. The average Bonchev–Trinajstić information content (AvgIpc) is 3.60. The van der Waals surface area contributed by atoms with Crippen LogP contribution in [0, 0.1) is 13.8 Å². The molecule has 35 heavy (non-hydrogen) atoms.